The molecule has 0 unspecified atom stereocenters. The highest BCUT2D eigenvalue weighted by Gasteiger charge is 2.24. The van der Waals surface area contributed by atoms with E-state index in [0.29, 0.717) is 30.9 Å². The predicted octanol–water partition coefficient (Wildman–Crippen LogP) is 1.35. The Morgan fingerprint density at radius 2 is 2.13 bits per heavy atom. The zero-order chi connectivity index (χ0) is 10.7. The van der Waals surface area contributed by atoms with Crippen LogP contribution in [0.4, 0.5) is 5.69 Å². The van der Waals surface area contributed by atoms with Crippen molar-refractivity contribution in [1.29, 1.82) is 0 Å². The van der Waals surface area contributed by atoms with Crippen LogP contribution in [0.1, 0.15) is 12.8 Å². The van der Waals surface area contributed by atoms with E-state index in [1.165, 1.54) is 0 Å². The molecule has 2 rings (SSSR count). The molecule has 0 spiro atoms. The lowest BCUT2D eigenvalue weighted by atomic mass is 10.2. The number of rotatable bonds is 3. The number of carbonyl (C=O) groups excluding carboxylic acids is 2. The van der Waals surface area contributed by atoms with Crippen LogP contribution in [0.25, 0.3) is 0 Å². The molecule has 78 valence electrons. The Morgan fingerprint density at radius 1 is 1.33 bits per heavy atom. The standard InChI is InChI=1S/C11H11NO3/c13-8-15-10-5-2-1-4-9(10)12-7-3-6-11(12)14/h1-2,4-5,8H,3,6-7H2. The van der Waals surface area contributed by atoms with E-state index in [1.54, 1.807) is 23.1 Å². The van der Waals surface area contributed by atoms with E-state index in [2.05, 4.69) is 0 Å². The van der Waals surface area contributed by atoms with Gasteiger partial charge in [0.25, 0.3) is 6.47 Å². The van der Waals surface area contributed by atoms with Crippen molar-refractivity contribution >= 4 is 18.1 Å². The Bertz CT molecular complexity index is 389. The first-order valence-electron chi connectivity index (χ1n) is 4.82. The summed E-state index contributed by atoms with van der Waals surface area (Å²) in [5.41, 5.74) is 0.673. The van der Waals surface area contributed by atoms with Crippen molar-refractivity contribution in [1.82, 2.24) is 0 Å². The van der Waals surface area contributed by atoms with Gasteiger partial charge in [-0.1, -0.05) is 12.1 Å². The number of carbonyl (C=O) groups is 2. The first kappa shape index (κ1) is 9.71. The Kier molecular flexibility index (Phi) is 2.67. The summed E-state index contributed by atoms with van der Waals surface area (Å²) in [5, 5.41) is 0. The smallest absolute Gasteiger partial charge is 0.298 e. The highest BCUT2D eigenvalue weighted by Crippen LogP contribution is 2.30. The maximum atomic E-state index is 11.5. The number of benzene rings is 1. The molecule has 1 aromatic rings. The van der Waals surface area contributed by atoms with Crippen molar-refractivity contribution in [2.75, 3.05) is 11.4 Å². The van der Waals surface area contributed by atoms with Crippen molar-refractivity contribution < 1.29 is 14.3 Å². The zero-order valence-corrected chi connectivity index (χ0v) is 8.18. The fourth-order valence-corrected chi connectivity index (χ4v) is 1.73. The molecule has 1 aromatic carbocycles. The topological polar surface area (TPSA) is 46.6 Å². The van der Waals surface area contributed by atoms with E-state index in [1.807, 2.05) is 6.07 Å². The van der Waals surface area contributed by atoms with Crippen LogP contribution >= 0.6 is 0 Å². The quantitative estimate of drug-likeness (QED) is 0.700. The molecular formula is C11H11NO3. The second-order valence-corrected chi connectivity index (χ2v) is 3.33. The summed E-state index contributed by atoms with van der Waals surface area (Å²) >= 11 is 0. The molecule has 0 aliphatic carbocycles. The molecule has 4 nitrogen and oxygen atoms in total. The zero-order valence-electron chi connectivity index (χ0n) is 8.18. The lowest BCUT2D eigenvalue weighted by molar-refractivity contribution is -0.121. The lowest BCUT2D eigenvalue weighted by Crippen LogP contribution is -2.24. The summed E-state index contributed by atoms with van der Waals surface area (Å²) in [4.78, 5) is 23.5. The Hall–Kier alpha value is -1.84. The van der Waals surface area contributed by atoms with Gasteiger partial charge in [-0.2, -0.15) is 0 Å². The van der Waals surface area contributed by atoms with E-state index in [-0.39, 0.29) is 5.91 Å². The van der Waals surface area contributed by atoms with Crippen LogP contribution < -0.4 is 9.64 Å². The summed E-state index contributed by atoms with van der Waals surface area (Å²) in [6, 6.07) is 7.04. The van der Waals surface area contributed by atoms with Crippen LogP contribution in [0.3, 0.4) is 0 Å². The van der Waals surface area contributed by atoms with Gasteiger partial charge in [-0.25, -0.2) is 0 Å². The SMILES string of the molecule is O=COc1ccccc1N1CCCC1=O. The van der Waals surface area contributed by atoms with E-state index >= 15 is 0 Å². The number of anilines is 1. The van der Waals surface area contributed by atoms with Gasteiger partial charge in [0.2, 0.25) is 5.91 Å². The number of amides is 1. The lowest BCUT2D eigenvalue weighted by Gasteiger charge is -2.17. The Balaban J connectivity index is 2.33. The van der Waals surface area contributed by atoms with Crippen LogP contribution in [0.2, 0.25) is 0 Å². The second-order valence-electron chi connectivity index (χ2n) is 3.33. The van der Waals surface area contributed by atoms with E-state index in [0.717, 1.165) is 6.42 Å². The minimum Gasteiger partial charge on any atom is -0.427 e. The van der Waals surface area contributed by atoms with Crippen LogP contribution in [0.5, 0.6) is 5.75 Å². The third-order valence-electron chi connectivity index (χ3n) is 2.40. The third kappa shape index (κ3) is 1.83. The highest BCUT2D eigenvalue weighted by atomic mass is 16.5. The summed E-state index contributed by atoms with van der Waals surface area (Å²) < 4.78 is 4.82. The number of nitrogens with zero attached hydrogens (tertiary/aromatic N) is 1. The van der Waals surface area contributed by atoms with Crippen LogP contribution in [0.15, 0.2) is 24.3 Å². The van der Waals surface area contributed by atoms with Crippen molar-refractivity contribution in [2.24, 2.45) is 0 Å². The summed E-state index contributed by atoms with van der Waals surface area (Å²) in [6.45, 7) is 1.07. The van der Waals surface area contributed by atoms with Crippen LogP contribution in [-0.2, 0) is 9.59 Å². The van der Waals surface area contributed by atoms with E-state index in [9.17, 15) is 9.59 Å². The fourth-order valence-electron chi connectivity index (χ4n) is 1.73. The third-order valence-corrected chi connectivity index (χ3v) is 2.40. The maximum absolute atomic E-state index is 11.5. The molecule has 15 heavy (non-hydrogen) atoms. The molecule has 0 atom stereocenters. The fraction of sp³-hybridized carbons (Fsp3) is 0.273. The van der Waals surface area contributed by atoms with Crippen LogP contribution in [0, 0.1) is 0 Å². The van der Waals surface area contributed by atoms with Crippen molar-refractivity contribution in [3.63, 3.8) is 0 Å². The maximum Gasteiger partial charge on any atom is 0.298 e. The molecule has 0 saturated carbocycles. The molecule has 1 aliphatic rings. The molecule has 1 fully saturated rings. The minimum absolute atomic E-state index is 0.0805. The summed E-state index contributed by atoms with van der Waals surface area (Å²) in [6.07, 6.45) is 1.42. The summed E-state index contributed by atoms with van der Waals surface area (Å²) in [5.74, 6) is 0.514. The first-order valence-corrected chi connectivity index (χ1v) is 4.82. The Labute approximate surface area is 87.4 Å². The number of hydrogen-bond donors (Lipinski definition) is 0. The van der Waals surface area contributed by atoms with Gasteiger partial charge in [0.15, 0.2) is 5.75 Å². The van der Waals surface area contributed by atoms with Gasteiger partial charge in [-0.05, 0) is 18.6 Å². The molecule has 1 aliphatic heterocycles. The second kappa shape index (κ2) is 4.13. The van der Waals surface area contributed by atoms with Crippen molar-refractivity contribution in [3.05, 3.63) is 24.3 Å². The minimum atomic E-state index is 0.0805. The molecule has 0 aromatic heterocycles. The number of para-hydroxylation sites is 2. The van der Waals surface area contributed by atoms with Crippen LogP contribution in [-0.4, -0.2) is 18.9 Å². The first-order chi connectivity index (χ1) is 7.33. The van der Waals surface area contributed by atoms with Crippen molar-refractivity contribution in [3.8, 4) is 5.75 Å². The molecule has 0 radical (unpaired) electrons. The molecular weight excluding hydrogens is 194 g/mol. The molecule has 1 saturated heterocycles. The average Bonchev–Trinajstić information content (AvgIpc) is 2.66. The molecule has 0 bridgehead atoms. The normalized spacial score (nSPS) is 15.5. The highest BCUT2D eigenvalue weighted by molar-refractivity contribution is 5.96. The van der Waals surface area contributed by atoms with Gasteiger partial charge >= 0.3 is 0 Å². The molecule has 4 heteroatoms. The van der Waals surface area contributed by atoms with Gasteiger partial charge in [0, 0.05) is 13.0 Å². The molecule has 1 amide bonds. The van der Waals surface area contributed by atoms with E-state index < -0.39 is 0 Å². The predicted molar refractivity (Wildman–Crippen MR) is 54.7 cm³/mol. The molecule has 0 N–H and O–H groups in total. The van der Waals surface area contributed by atoms with Gasteiger partial charge in [0.05, 0.1) is 5.69 Å². The van der Waals surface area contributed by atoms with Gasteiger partial charge < -0.3 is 9.64 Å². The largest absolute Gasteiger partial charge is 0.427 e. The molecule has 1 heterocycles. The van der Waals surface area contributed by atoms with E-state index in [4.69, 9.17) is 4.74 Å². The van der Waals surface area contributed by atoms with Gasteiger partial charge in [-0.3, -0.25) is 9.59 Å². The number of ether oxygens (including phenoxy) is 1. The average molecular weight is 205 g/mol. The van der Waals surface area contributed by atoms with Gasteiger partial charge in [0.1, 0.15) is 0 Å². The monoisotopic (exact) mass is 205 g/mol. The van der Waals surface area contributed by atoms with Gasteiger partial charge in [-0.15, -0.1) is 0 Å². The summed E-state index contributed by atoms with van der Waals surface area (Å²) in [7, 11) is 0. The number of hydrogen-bond acceptors (Lipinski definition) is 3. The van der Waals surface area contributed by atoms with Crippen molar-refractivity contribution in [2.45, 2.75) is 12.8 Å². The Morgan fingerprint density at radius 3 is 2.80 bits per heavy atom.